The van der Waals surface area contributed by atoms with Crippen LogP contribution in [0.4, 0.5) is 0 Å². The molecule has 0 bridgehead atoms. The number of hydrogen-bond donors (Lipinski definition) is 1. The van der Waals surface area contributed by atoms with Crippen LogP contribution >= 0.6 is 0 Å². The molecule has 0 radical (unpaired) electrons. The van der Waals surface area contributed by atoms with Gasteiger partial charge in [-0.2, -0.15) is 0 Å². The van der Waals surface area contributed by atoms with Crippen molar-refractivity contribution in [3.05, 3.63) is 0 Å². The average Bonchev–Trinajstić information content (AvgIpc) is 2.57. The van der Waals surface area contributed by atoms with Crippen LogP contribution in [0.1, 0.15) is 40.5 Å². The minimum Gasteiger partial charge on any atom is -0.378 e. The van der Waals surface area contributed by atoms with Crippen molar-refractivity contribution in [1.29, 1.82) is 0 Å². The molecule has 0 aliphatic carbocycles. The van der Waals surface area contributed by atoms with E-state index in [1.54, 1.807) is 20.8 Å². The molecule has 2 atom stereocenters. The van der Waals surface area contributed by atoms with Gasteiger partial charge in [-0.25, -0.2) is 8.42 Å². The molecule has 1 saturated heterocycles. The second kappa shape index (κ2) is 5.47. The Morgan fingerprint density at radius 2 is 2.00 bits per heavy atom. The van der Waals surface area contributed by atoms with Crippen molar-refractivity contribution in [1.82, 2.24) is 5.32 Å². The molecule has 0 amide bonds. The van der Waals surface area contributed by atoms with E-state index in [0.717, 1.165) is 19.6 Å². The minimum absolute atomic E-state index is 0.0347. The first-order valence-corrected chi connectivity index (χ1v) is 8.28. The van der Waals surface area contributed by atoms with E-state index >= 15 is 0 Å². The smallest absolute Gasteiger partial charge is 0.155 e. The summed E-state index contributed by atoms with van der Waals surface area (Å²) < 4.78 is 29.4. The lowest BCUT2D eigenvalue weighted by molar-refractivity contribution is 0.0623. The minimum atomic E-state index is -3.05. The number of nitrogens with one attached hydrogen (secondary N) is 1. The third-order valence-electron chi connectivity index (χ3n) is 4.16. The van der Waals surface area contributed by atoms with Crippen LogP contribution in [0.15, 0.2) is 0 Å². The number of ether oxygens (including phenoxy) is 1. The highest BCUT2D eigenvalue weighted by Gasteiger charge is 2.42. The highest BCUT2D eigenvalue weighted by molar-refractivity contribution is 7.92. The Labute approximate surface area is 111 Å². The van der Waals surface area contributed by atoms with Gasteiger partial charge in [0.15, 0.2) is 9.84 Å². The van der Waals surface area contributed by atoms with Gasteiger partial charge in [0.25, 0.3) is 0 Å². The molecule has 2 unspecified atom stereocenters. The van der Waals surface area contributed by atoms with Crippen LogP contribution in [0, 0.1) is 5.41 Å². The van der Waals surface area contributed by atoms with E-state index < -0.39 is 14.6 Å². The lowest BCUT2D eigenvalue weighted by Crippen LogP contribution is -2.41. The zero-order valence-corrected chi connectivity index (χ0v) is 13.1. The Morgan fingerprint density at radius 3 is 2.39 bits per heavy atom. The third kappa shape index (κ3) is 3.25. The van der Waals surface area contributed by atoms with Crippen molar-refractivity contribution in [3.63, 3.8) is 0 Å². The molecule has 1 aliphatic rings. The fraction of sp³-hybridized carbons (Fsp3) is 1.00. The Hall–Kier alpha value is -0.130. The molecular weight excluding hydrogens is 250 g/mol. The molecule has 0 aromatic carbocycles. The largest absolute Gasteiger partial charge is 0.378 e. The van der Waals surface area contributed by atoms with Gasteiger partial charge in [-0.3, -0.25) is 0 Å². The number of hydrogen-bond acceptors (Lipinski definition) is 4. The van der Waals surface area contributed by atoms with Gasteiger partial charge < -0.3 is 10.1 Å². The SMILES string of the molecule is CNCC1(CCS(=O)(=O)C(C)(C)C)CCOC1C. The van der Waals surface area contributed by atoms with Crippen LogP contribution in [-0.2, 0) is 14.6 Å². The summed E-state index contributed by atoms with van der Waals surface area (Å²) in [6, 6.07) is 0. The normalized spacial score (nSPS) is 29.7. The van der Waals surface area contributed by atoms with E-state index in [2.05, 4.69) is 5.32 Å². The molecule has 108 valence electrons. The second-order valence-electron chi connectivity index (χ2n) is 6.34. The summed E-state index contributed by atoms with van der Waals surface area (Å²) in [6.45, 7) is 8.89. The summed E-state index contributed by atoms with van der Waals surface area (Å²) in [7, 11) is -1.14. The van der Waals surface area contributed by atoms with Crippen molar-refractivity contribution in [2.24, 2.45) is 5.41 Å². The molecule has 18 heavy (non-hydrogen) atoms. The average molecular weight is 277 g/mol. The first kappa shape index (κ1) is 15.9. The van der Waals surface area contributed by atoms with E-state index in [1.165, 1.54) is 0 Å². The molecule has 1 rings (SSSR count). The van der Waals surface area contributed by atoms with Gasteiger partial charge in [-0.1, -0.05) is 0 Å². The predicted octanol–water partition coefficient (Wildman–Crippen LogP) is 1.60. The summed E-state index contributed by atoms with van der Waals surface area (Å²) in [5, 5.41) is 3.18. The van der Waals surface area contributed by atoms with Crippen molar-refractivity contribution < 1.29 is 13.2 Å². The lowest BCUT2D eigenvalue weighted by atomic mass is 9.79. The molecular formula is C13H27NO3S. The monoisotopic (exact) mass is 277 g/mol. The number of sulfone groups is 1. The topological polar surface area (TPSA) is 55.4 Å². The van der Waals surface area contributed by atoms with Gasteiger partial charge in [0.05, 0.1) is 16.6 Å². The molecule has 1 heterocycles. The molecule has 0 spiro atoms. The molecule has 0 saturated carbocycles. The van der Waals surface area contributed by atoms with Crippen LogP contribution in [0.2, 0.25) is 0 Å². The Balaban J connectivity index is 2.76. The molecule has 1 fully saturated rings. The maximum atomic E-state index is 12.2. The van der Waals surface area contributed by atoms with Crippen LogP contribution in [0.3, 0.4) is 0 Å². The van der Waals surface area contributed by atoms with Gasteiger partial charge >= 0.3 is 0 Å². The summed E-state index contributed by atoms with van der Waals surface area (Å²) in [4.78, 5) is 0. The predicted molar refractivity (Wildman–Crippen MR) is 74.5 cm³/mol. The maximum absolute atomic E-state index is 12.2. The van der Waals surface area contributed by atoms with E-state index in [1.807, 2.05) is 14.0 Å². The Bertz CT molecular complexity index is 372. The van der Waals surface area contributed by atoms with Gasteiger partial charge in [0, 0.05) is 18.6 Å². The van der Waals surface area contributed by atoms with Crippen LogP contribution in [0.5, 0.6) is 0 Å². The number of rotatable bonds is 5. The summed E-state index contributed by atoms with van der Waals surface area (Å²) >= 11 is 0. The molecule has 0 aromatic heterocycles. The second-order valence-corrected chi connectivity index (χ2v) is 9.20. The van der Waals surface area contributed by atoms with E-state index in [-0.39, 0.29) is 17.3 Å². The molecule has 4 nitrogen and oxygen atoms in total. The molecule has 1 aliphatic heterocycles. The fourth-order valence-electron chi connectivity index (χ4n) is 2.46. The third-order valence-corrected chi connectivity index (χ3v) is 6.77. The zero-order chi connectivity index (χ0) is 14.0. The van der Waals surface area contributed by atoms with Crippen molar-refractivity contribution in [2.45, 2.75) is 51.4 Å². The van der Waals surface area contributed by atoms with Crippen LogP contribution in [0.25, 0.3) is 0 Å². The quantitative estimate of drug-likeness (QED) is 0.829. The maximum Gasteiger partial charge on any atom is 0.155 e. The van der Waals surface area contributed by atoms with Gasteiger partial charge in [0.1, 0.15) is 0 Å². The van der Waals surface area contributed by atoms with Crippen molar-refractivity contribution >= 4 is 9.84 Å². The highest BCUT2D eigenvalue weighted by Crippen LogP contribution is 2.38. The van der Waals surface area contributed by atoms with E-state index in [9.17, 15) is 8.42 Å². The van der Waals surface area contributed by atoms with E-state index in [0.29, 0.717) is 6.42 Å². The zero-order valence-electron chi connectivity index (χ0n) is 12.2. The van der Waals surface area contributed by atoms with Crippen molar-refractivity contribution in [2.75, 3.05) is 26.0 Å². The first-order chi connectivity index (χ1) is 8.15. The molecule has 5 heteroatoms. The summed E-state index contributed by atoms with van der Waals surface area (Å²) in [5.41, 5.74) is -0.0347. The standard InChI is InChI=1S/C13H27NO3S/c1-11-13(10-14-5,6-8-17-11)7-9-18(15,16)12(2,3)4/h11,14H,6-10H2,1-5H3. The Kier molecular flexibility index (Phi) is 4.84. The van der Waals surface area contributed by atoms with Crippen LogP contribution in [-0.4, -0.2) is 45.2 Å². The Morgan fingerprint density at radius 1 is 1.39 bits per heavy atom. The lowest BCUT2D eigenvalue weighted by Gasteiger charge is -2.33. The fourth-order valence-corrected chi connectivity index (χ4v) is 3.75. The van der Waals surface area contributed by atoms with Gasteiger partial charge in [0.2, 0.25) is 0 Å². The highest BCUT2D eigenvalue weighted by atomic mass is 32.2. The van der Waals surface area contributed by atoms with Crippen LogP contribution < -0.4 is 5.32 Å². The van der Waals surface area contributed by atoms with Gasteiger partial charge in [-0.05, 0) is 47.6 Å². The molecule has 0 aromatic rings. The van der Waals surface area contributed by atoms with E-state index in [4.69, 9.17) is 4.74 Å². The first-order valence-electron chi connectivity index (χ1n) is 6.63. The summed E-state index contributed by atoms with van der Waals surface area (Å²) in [5.74, 6) is 0.242. The molecule has 1 N–H and O–H groups in total. The van der Waals surface area contributed by atoms with Crippen molar-refractivity contribution in [3.8, 4) is 0 Å². The summed E-state index contributed by atoms with van der Waals surface area (Å²) in [6.07, 6.45) is 1.74. The van der Waals surface area contributed by atoms with Gasteiger partial charge in [-0.15, -0.1) is 0 Å².